The average Bonchev–Trinajstić information content (AvgIpc) is 2.77. The number of esters is 1. The number of carbonyl (C=O) groups is 2. The number of likely N-dealkylation sites (tertiary alicyclic amines) is 1. The number of rotatable bonds is 6. The molecule has 1 unspecified atom stereocenters. The number of hydrogen-bond acceptors (Lipinski definition) is 7. The molecule has 2 N–H and O–H groups in total. The summed E-state index contributed by atoms with van der Waals surface area (Å²) in [5.41, 5.74) is 6.62. The second-order valence-electron chi connectivity index (χ2n) is 9.70. The third kappa shape index (κ3) is 7.46. The predicted molar refractivity (Wildman–Crippen MR) is 121 cm³/mol. The van der Waals surface area contributed by atoms with Gasteiger partial charge in [0.05, 0.1) is 12.7 Å². The van der Waals surface area contributed by atoms with Crippen LogP contribution < -0.4 is 5.73 Å². The van der Waals surface area contributed by atoms with Gasteiger partial charge in [-0.25, -0.2) is 4.79 Å². The first-order valence-corrected chi connectivity index (χ1v) is 11.5. The smallest absolute Gasteiger partial charge is 0.410 e. The van der Waals surface area contributed by atoms with Crippen LogP contribution in [0.2, 0.25) is 0 Å². The van der Waals surface area contributed by atoms with Crippen molar-refractivity contribution < 1.29 is 23.8 Å². The minimum Gasteiger partial charge on any atom is -0.460 e. The molecule has 178 valence electrons. The number of ether oxygens (including phenoxy) is 3. The highest BCUT2D eigenvalue weighted by Gasteiger charge is 2.33. The summed E-state index contributed by atoms with van der Waals surface area (Å²) in [6.45, 7) is 10.1. The standard InChI is InChI=1S/C24H37N3O5/c1-24(2,3)32-23(29)27-11-9-18(10-12-27)15-26-13-14-30-20(16-26)21(25)22(28)31-17-19-7-5-4-6-8-19/h4-8,18,20-21H,9-17,25H2,1-3H3/t20-,21?/m0/s1. The number of carbonyl (C=O) groups excluding carboxylic acids is 2. The maximum Gasteiger partial charge on any atom is 0.410 e. The van der Waals surface area contributed by atoms with Crippen molar-refractivity contribution in [2.24, 2.45) is 11.7 Å². The summed E-state index contributed by atoms with van der Waals surface area (Å²) in [5, 5.41) is 0. The van der Waals surface area contributed by atoms with Crippen molar-refractivity contribution in [1.29, 1.82) is 0 Å². The fraction of sp³-hybridized carbons (Fsp3) is 0.667. The highest BCUT2D eigenvalue weighted by molar-refractivity contribution is 5.76. The predicted octanol–water partition coefficient (Wildman–Crippen LogP) is 2.41. The van der Waals surface area contributed by atoms with E-state index in [2.05, 4.69) is 4.90 Å². The maximum atomic E-state index is 12.4. The van der Waals surface area contributed by atoms with Crippen LogP contribution in [0, 0.1) is 5.92 Å². The molecule has 3 rings (SSSR count). The van der Waals surface area contributed by atoms with Gasteiger partial charge in [0.15, 0.2) is 0 Å². The third-order valence-electron chi connectivity index (χ3n) is 5.86. The van der Waals surface area contributed by atoms with Crippen LogP contribution in [0.1, 0.15) is 39.2 Å². The van der Waals surface area contributed by atoms with E-state index in [1.165, 1.54) is 0 Å². The lowest BCUT2D eigenvalue weighted by molar-refractivity contribution is -0.153. The topological polar surface area (TPSA) is 94.3 Å². The summed E-state index contributed by atoms with van der Waals surface area (Å²) in [5.74, 6) is 0.0556. The molecular formula is C24H37N3O5. The van der Waals surface area contributed by atoms with Gasteiger partial charge < -0.3 is 24.8 Å². The normalized spacial score (nSPS) is 21.8. The SMILES string of the molecule is CC(C)(C)OC(=O)N1CCC(CN2CCO[C@H](C(N)C(=O)OCc3ccccc3)C2)CC1. The summed E-state index contributed by atoms with van der Waals surface area (Å²) < 4.78 is 16.7. The van der Waals surface area contributed by atoms with Gasteiger partial charge in [-0.05, 0) is 45.1 Å². The zero-order chi connectivity index (χ0) is 23.1. The quantitative estimate of drug-likeness (QED) is 0.669. The van der Waals surface area contributed by atoms with E-state index in [0.717, 1.165) is 31.5 Å². The number of morpholine rings is 1. The molecule has 2 atom stereocenters. The number of piperidine rings is 1. The minimum atomic E-state index is -0.810. The second-order valence-corrected chi connectivity index (χ2v) is 9.70. The molecule has 1 amide bonds. The monoisotopic (exact) mass is 447 g/mol. The minimum absolute atomic E-state index is 0.208. The maximum absolute atomic E-state index is 12.4. The van der Waals surface area contributed by atoms with Crippen LogP contribution in [0.5, 0.6) is 0 Å². The van der Waals surface area contributed by atoms with Crippen LogP contribution in [0.4, 0.5) is 4.79 Å². The molecule has 8 nitrogen and oxygen atoms in total. The fourth-order valence-electron chi connectivity index (χ4n) is 4.08. The Labute approximate surface area is 191 Å². The Morgan fingerprint density at radius 1 is 1.16 bits per heavy atom. The average molecular weight is 448 g/mol. The van der Waals surface area contributed by atoms with Crippen molar-refractivity contribution in [3.63, 3.8) is 0 Å². The summed E-state index contributed by atoms with van der Waals surface area (Å²) in [7, 11) is 0. The van der Waals surface area contributed by atoms with Crippen LogP contribution in [-0.2, 0) is 25.6 Å². The zero-order valence-electron chi connectivity index (χ0n) is 19.5. The Hall–Kier alpha value is -2.16. The highest BCUT2D eigenvalue weighted by atomic mass is 16.6. The van der Waals surface area contributed by atoms with Crippen molar-refractivity contribution in [3.8, 4) is 0 Å². The molecule has 0 aliphatic carbocycles. The molecule has 1 aromatic rings. The number of amides is 1. The molecular weight excluding hydrogens is 410 g/mol. The van der Waals surface area contributed by atoms with E-state index in [9.17, 15) is 9.59 Å². The van der Waals surface area contributed by atoms with E-state index in [-0.39, 0.29) is 18.8 Å². The van der Waals surface area contributed by atoms with Crippen molar-refractivity contribution >= 4 is 12.1 Å². The zero-order valence-corrected chi connectivity index (χ0v) is 19.5. The van der Waals surface area contributed by atoms with E-state index in [1.807, 2.05) is 51.1 Å². The molecule has 8 heteroatoms. The van der Waals surface area contributed by atoms with Gasteiger partial charge in [-0.15, -0.1) is 0 Å². The van der Waals surface area contributed by atoms with Crippen molar-refractivity contribution in [2.45, 2.75) is 58.0 Å². The van der Waals surface area contributed by atoms with Gasteiger partial charge in [0.25, 0.3) is 0 Å². The lowest BCUT2D eigenvalue weighted by atomic mass is 9.96. The first-order valence-electron chi connectivity index (χ1n) is 11.5. The van der Waals surface area contributed by atoms with E-state index in [1.54, 1.807) is 4.90 Å². The fourth-order valence-corrected chi connectivity index (χ4v) is 4.08. The van der Waals surface area contributed by atoms with Gasteiger partial charge in [-0.2, -0.15) is 0 Å². The molecule has 2 aliphatic heterocycles. The van der Waals surface area contributed by atoms with Gasteiger partial charge in [-0.3, -0.25) is 9.69 Å². The lowest BCUT2D eigenvalue weighted by Gasteiger charge is -2.39. The van der Waals surface area contributed by atoms with Crippen molar-refractivity contribution in [3.05, 3.63) is 35.9 Å². The van der Waals surface area contributed by atoms with Crippen LogP contribution in [0.15, 0.2) is 30.3 Å². The highest BCUT2D eigenvalue weighted by Crippen LogP contribution is 2.22. The number of hydrogen-bond donors (Lipinski definition) is 1. The van der Waals surface area contributed by atoms with Crippen molar-refractivity contribution in [2.75, 3.05) is 39.3 Å². The van der Waals surface area contributed by atoms with Gasteiger partial charge in [0.1, 0.15) is 18.2 Å². The van der Waals surface area contributed by atoms with E-state index >= 15 is 0 Å². The Kier molecular flexibility index (Phi) is 8.51. The van der Waals surface area contributed by atoms with E-state index in [0.29, 0.717) is 32.2 Å². The summed E-state index contributed by atoms with van der Waals surface area (Å²) in [4.78, 5) is 28.8. The van der Waals surface area contributed by atoms with Crippen LogP contribution in [-0.4, -0.2) is 78.9 Å². The number of nitrogens with zero attached hydrogens (tertiary/aromatic N) is 2. The third-order valence-corrected chi connectivity index (χ3v) is 5.86. The van der Waals surface area contributed by atoms with Gasteiger partial charge in [-0.1, -0.05) is 30.3 Å². The van der Waals surface area contributed by atoms with Crippen LogP contribution >= 0.6 is 0 Å². The van der Waals surface area contributed by atoms with Crippen LogP contribution in [0.25, 0.3) is 0 Å². The lowest BCUT2D eigenvalue weighted by Crippen LogP contribution is -2.55. The summed E-state index contributed by atoms with van der Waals surface area (Å²) in [6.07, 6.45) is 1.26. The molecule has 0 aromatic heterocycles. The molecule has 2 fully saturated rings. The number of benzene rings is 1. The molecule has 0 spiro atoms. The van der Waals surface area contributed by atoms with Crippen molar-refractivity contribution in [1.82, 2.24) is 9.80 Å². The molecule has 2 heterocycles. The molecule has 2 aliphatic rings. The van der Waals surface area contributed by atoms with Gasteiger partial charge >= 0.3 is 12.1 Å². The Morgan fingerprint density at radius 2 is 1.84 bits per heavy atom. The summed E-state index contributed by atoms with van der Waals surface area (Å²) >= 11 is 0. The Morgan fingerprint density at radius 3 is 2.50 bits per heavy atom. The first kappa shape index (κ1) is 24.5. The number of nitrogens with two attached hydrogens (primary N) is 1. The molecule has 2 saturated heterocycles. The molecule has 1 aromatic carbocycles. The van der Waals surface area contributed by atoms with Gasteiger partial charge in [0.2, 0.25) is 0 Å². The first-order chi connectivity index (χ1) is 15.2. The van der Waals surface area contributed by atoms with E-state index < -0.39 is 17.6 Å². The Balaban J connectivity index is 1.41. The molecule has 0 radical (unpaired) electrons. The Bertz CT molecular complexity index is 744. The van der Waals surface area contributed by atoms with Crippen LogP contribution in [0.3, 0.4) is 0 Å². The molecule has 0 saturated carbocycles. The molecule has 0 bridgehead atoms. The summed E-state index contributed by atoms with van der Waals surface area (Å²) in [6, 6.07) is 8.74. The van der Waals surface area contributed by atoms with Gasteiger partial charge in [0, 0.05) is 32.7 Å². The molecule has 32 heavy (non-hydrogen) atoms. The van der Waals surface area contributed by atoms with E-state index in [4.69, 9.17) is 19.9 Å². The largest absolute Gasteiger partial charge is 0.460 e. The second kappa shape index (κ2) is 11.1.